The van der Waals surface area contributed by atoms with E-state index < -0.39 is 23.6 Å². The highest BCUT2D eigenvalue weighted by Gasteiger charge is 2.22. The number of ether oxygens (including phenoxy) is 1. The van der Waals surface area contributed by atoms with E-state index in [1.807, 2.05) is 0 Å². The molecule has 2 N–H and O–H groups in total. The summed E-state index contributed by atoms with van der Waals surface area (Å²) in [5.41, 5.74) is -0.136. The molecule has 19 heavy (non-hydrogen) atoms. The predicted molar refractivity (Wildman–Crippen MR) is 72.6 cm³/mol. The fourth-order valence-corrected chi connectivity index (χ4v) is 2.15. The highest BCUT2D eigenvalue weighted by atomic mass is 32.1. The van der Waals surface area contributed by atoms with Gasteiger partial charge < -0.3 is 9.84 Å². The number of aromatic nitrogens is 1. The van der Waals surface area contributed by atoms with E-state index in [2.05, 4.69) is 10.3 Å². The van der Waals surface area contributed by atoms with Crippen molar-refractivity contribution in [2.75, 3.05) is 5.32 Å². The van der Waals surface area contributed by atoms with Gasteiger partial charge in [-0.25, -0.2) is 9.78 Å². The molecule has 0 saturated carbocycles. The first-order valence-electron chi connectivity index (χ1n) is 5.91. The van der Waals surface area contributed by atoms with Crippen molar-refractivity contribution in [3.05, 3.63) is 11.1 Å². The number of carboxylic acid groups (broad SMARTS) is 1. The van der Waals surface area contributed by atoms with Crippen molar-refractivity contribution >= 4 is 28.5 Å². The van der Waals surface area contributed by atoms with Gasteiger partial charge in [-0.2, -0.15) is 0 Å². The molecule has 0 radical (unpaired) electrons. The van der Waals surface area contributed by atoms with E-state index in [0.717, 1.165) is 0 Å². The highest BCUT2D eigenvalue weighted by molar-refractivity contribution is 7.13. The van der Waals surface area contributed by atoms with Gasteiger partial charge in [0.15, 0.2) is 5.13 Å². The number of hydrogen-bond acceptors (Lipinski definition) is 5. The monoisotopic (exact) mass is 286 g/mol. The number of carbonyl (C=O) groups excluding carboxylic acids is 1. The number of aliphatic carboxylic acids is 1. The van der Waals surface area contributed by atoms with Gasteiger partial charge >= 0.3 is 12.1 Å². The summed E-state index contributed by atoms with van der Waals surface area (Å²) in [6.45, 7) is 7.06. The van der Waals surface area contributed by atoms with Crippen molar-refractivity contribution in [3.63, 3.8) is 0 Å². The van der Waals surface area contributed by atoms with E-state index in [0.29, 0.717) is 17.2 Å². The van der Waals surface area contributed by atoms with Crippen molar-refractivity contribution in [1.29, 1.82) is 0 Å². The Morgan fingerprint density at radius 1 is 1.53 bits per heavy atom. The second-order valence-electron chi connectivity index (χ2n) is 5.00. The molecule has 0 saturated heterocycles. The van der Waals surface area contributed by atoms with Crippen molar-refractivity contribution in [1.82, 2.24) is 4.98 Å². The second kappa shape index (κ2) is 6.01. The van der Waals surface area contributed by atoms with Gasteiger partial charge in [-0.1, -0.05) is 6.92 Å². The van der Waals surface area contributed by atoms with Gasteiger partial charge in [0, 0.05) is 5.38 Å². The fourth-order valence-electron chi connectivity index (χ4n) is 1.40. The molecule has 0 fully saturated rings. The first-order chi connectivity index (χ1) is 8.73. The van der Waals surface area contributed by atoms with E-state index in [9.17, 15) is 9.59 Å². The first kappa shape index (κ1) is 15.4. The topological polar surface area (TPSA) is 88.5 Å². The SMILES string of the molecule is CCC(C(=O)O)c1csc(NC(=O)OC(C)(C)C)n1. The summed E-state index contributed by atoms with van der Waals surface area (Å²) in [6.07, 6.45) is -0.151. The molecule has 106 valence electrons. The van der Waals surface area contributed by atoms with Gasteiger partial charge in [0.2, 0.25) is 0 Å². The normalized spacial score (nSPS) is 12.8. The summed E-state index contributed by atoms with van der Waals surface area (Å²) in [5, 5.41) is 13.5. The molecule has 1 aromatic heterocycles. The maximum absolute atomic E-state index is 11.5. The molecule has 0 aliphatic carbocycles. The van der Waals surface area contributed by atoms with Crippen LogP contribution in [0, 0.1) is 0 Å². The lowest BCUT2D eigenvalue weighted by atomic mass is 10.0. The van der Waals surface area contributed by atoms with Crippen LogP contribution in [0.3, 0.4) is 0 Å². The maximum Gasteiger partial charge on any atom is 0.413 e. The van der Waals surface area contributed by atoms with Crippen molar-refractivity contribution < 1.29 is 19.4 Å². The lowest BCUT2D eigenvalue weighted by molar-refractivity contribution is -0.138. The van der Waals surface area contributed by atoms with Gasteiger partial charge in [-0.15, -0.1) is 11.3 Å². The third-order valence-electron chi connectivity index (χ3n) is 2.19. The van der Waals surface area contributed by atoms with Gasteiger partial charge in [-0.3, -0.25) is 10.1 Å². The smallest absolute Gasteiger partial charge is 0.413 e. The number of amides is 1. The third-order valence-corrected chi connectivity index (χ3v) is 2.97. The maximum atomic E-state index is 11.5. The minimum absolute atomic E-state index is 0.337. The van der Waals surface area contributed by atoms with Crippen LogP contribution in [0.1, 0.15) is 45.7 Å². The summed E-state index contributed by atoms with van der Waals surface area (Å²) in [6, 6.07) is 0. The molecule has 0 bridgehead atoms. The number of carboxylic acids is 1. The Kier molecular flexibility index (Phi) is 4.88. The molecule has 7 heteroatoms. The van der Waals surface area contributed by atoms with Crippen LogP contribution in [0.2, 0.25) is 0 Å². The van der Waals surface area contributed by atoms with E-state index in [1.54, 1.807) is 33.1 Å². The standard InChI is InChI=1S/C12H18N2O4S/c1-5-7(9(15)16)8-6-19-10(13-8)14-11(17)18-12(2,3)4/h6-7H,5H2,1-4H3,(H,15,16)(H,13,14,17). The Hall–Kier alpha value is -1.63. The second-order valence-corrected chi connectivity index (χ2v) is 5.86. The van der Waals surface area contributed by atoms with Gasteiger partial charge in [-0.05, 0) is 27.2 Å². The zero-order valence-electron chi connectivity index (χ0n) is 11.4. The molecular weight excluding hydrogens is 268 g/mol. The van der Waals surface area contributed by atoms with Crippen LogP contribution in [0.15, 0.2) is 5.38 Å². The van der Waals surface area contributed by atoms with E-state index in [1.165, 1.54) is 11.3 Å². The van der Waals surface area contributed by atoms with Crippen molar-refractivity contribution in [3.8, 4) is 0 Å². The van der Waals surface area contributed by atoms with Gasteiger partial charge in [0.25, 0.3) is 0 Å². The van der Waals surface area contributed by atoms with E-state index in [-0.39, 0.29) is 0 Å². The lowest BCUT2D eigenvalue weighted by Gasteiger charge is -2.18. The van der Waals surface area contributed by atoms with Crippen LogP contribution in [0.25, 0.3) is 0 Å². The molecule has 0 spiro atoms. The number of rotatable bonds is 4. The number of nitrogens with one attached hydrogen (secondary N) is 1. The molecule has 1 heterocycles. The van der Waals surface area contributed by atoms with Crippen LogP contribution in [-0.2, 0) is 9.53 Å². The Morgan fingerprint density at radius 2 is 2.16 bits per heavy atom. The number of carbonyl (C=O) groups is 2. The van der Waals surface area contributed by atoms with Crippen LogP contribution >= 0.6 is 11.3 Å². The molecule has 1 unspecified atom stereocenters. The van der Waals surface area contributed by atoms with Crippen LogP contribution in [-0.4, -0.2) is 27.8 Å². The molecule has 1 aromatic rings. The Labute approximate surface area is 115 Å². The average Bonchev–Trinajstić information content (AvgIpc) is 2.63. The van der Waals surface area contributed by atoms with Crippen LogP contribution in [0.5, 0.6) is 0 Å². The lowest BCUT2D eigenvalue weighted by Crippen LogP contribution is -2.27. The summed E-state index contributed by atoms with van der Waals surface area (Å²) in [4.78, 5) is 26.6. The summed E-state index contributed by atoms with van der Waals surface area (Å²) < 4.78 is 5.09. The van der Waals surface area contributed by atoms with Gasteiger partial charge in [0.1, 0.15) is 5.60 Å². The Bertz CT molecular complexity index is 465. The van der Waals surface area contributed by atoms with Crippen LogP contribution in [0.4, 0.5) is 9.93 Å². The zero-order valence-corrected chi connectivity index (χ0v) is 12.2. The minimum atomic E-state index is -0.920. The minimum Gasteiger partial charge on any atom is -0.481 e. The fraction of sp³-hybridized carbons (Fsp3) is 0.583. The van der Waals surface area contributed by atoms with Crippen molar-refractivity contribution in [2.45, 2.75) is 45.6 Å². The zero-order chi connectivity index (χ0) is 14.6. The molecule has 0 aliphatic rings. The van der Waals surface area contributed by atoms with Gasteiger partial charge in [0.05, 0.1) is 11.6 Å². The summed E-state index contributed by atoms with van der Waals surface area (Å²) in [5.74, 6) is -1.57. The Balaban J connectivity index is 2.70. The molecule has 1 atom stereocenters. The number of thiazole rings is 1. The molecular formula is C12H18N2O4S. The third kappa shape index (κ3) is 4.86. The molecule has 1 amide bonds. The van der Waals surface area contributed by atoms with Crippen molar-refractivity contribution in [2.24, 2.45) is 0 Å². The quantitative estimate of drug-likeness (QED) is 0.888. The van der Waals surface area contributed by atoms with E-state index in [4.69, 9.17) is 9.84 Å². The highest BCUT2D eigenvalue weighted by Crippen LogP contribution is 2.25. The summed E-state index contributed by atoms with van der Waals surface area (Å²) in [7, 11) is 0. The summed E-state index contributed by atoms with van der Waals surface area (Å²) >= 11 is 1.18. The predicted octanol–water partition coefficient (Wildman–Crippen LogP) is 3.07. The van der Waals surface area contributed by atoms with Crippen LogP contribution < -0.4 is 5.32 Å². The molecule has 1 rings (SSSR count). The number of anilines is 1. The largest absolute Gasteiger partial charge is 0.481 e. The van der Waals surface area contributed by atoms with E-state index >= 15 is 0 Å². The Morgan fingerprint density at radius 3 is 2.63 bits per heavy atom. The average molecular weight is 286 g/mol. The molecule has 6 nitrogen and oxygen atoms in total. The first-order valence-corrected chi connectivity index (χ1v) is 6.79. The number of nitrogens with zero attached hydrogens (tertiary/aromatic N) is 1. The molecule has 0 aromatic carbocycles. The number of hydrogen-bond donors (Lipinski definition) is 2. The molecule has 0 aliphatic heterocycles.